The van der Waals surface area contributed by atoms with Gasteiger partial charge in [-0.15, -0.1) is 0 Å². The summed E-state index contributed by atoms with van der Waals surface area (Å²) in [5.74, 6) is 0. The predicted octanol–water partition coefficient (Wildman–Crippen LogP) is 4.33. The van der Waals surface area contributed by atoms with Crippen LogP contribution in [0.5, 0.6) is 0 Å². The lowest BCUT2D eigenvalue weighted by Crippen LogP contribution is -2.37. The van der Waals surface area contributed by atoms with Crippen molar-refractivity contribution in [3.8, 4) is 0 Å². The van der Waals surface area contributed by atoms with Crippen molar-refractivity contribution < 1.29 is 8.83 Å². The summed E-state index contributed by atoms with van der Waals surface area (Å²) in [4.78, 5) is 0. The lowest BCUT2D eigenvalue weighted by atomic mass is 10.4. The fraction of sp³-hybridized carbons (Fsp3) is 0.385. The average Bonchev–Trinajstić information content (AvgIpc) is 2.77. The van der Waals surface area contributed by atoms with Crippen LogP contribution in [0, 0.1) is 17.4 Å². The Morgan fingerprint density at radius 1 is 0.882 bits per heavy atom. The number of hydrogen-bond acceptors (Lipinski definition) is 2. The van der Waals surface area contributed by atoms with E-state index in [0.29, 0.717) is 0 Å². The second-order valence-electron chi connectivity index (χ2n) is 5.12. The number of rotatable bonds is 1. The van der Waals surface area contributed by atoms with Gasteiger partial charge in [0.25, 0.3) is 0 Å². The number of aryl methyl sites for hydroxylation is 2. The lowest BCUT2D eigenvalue weighted by molar-refractivity contribution is 0.564. The van der Waals surface area contributed by atoms with Crippen LogP contribution in [0.15, 0.2) is 33.9 Å². The van der Waals surface area contributed by atoms with Gasteiger partial charge in [-0.05, 0) is 47.2 Å². The van der Waals surface area contributed by atoms with E-state index in [-0.39, 0.29) is 0 Å². The van der Waals surface area contributed by atoms with E-state index in [1.165, 1.54) is 19.9 Å². The van der Waals surface area contributed by atoms with E-state index < -0.39 is 8.07 Å². The quantitative estimate of drug-likeness (QED) is 0.558. The molecule has 2 rings (SSSR count). The van der Waals surface area contributed by atoms with Gasteiger partial charge in [-0.25, -0.2) is 0 Å². The molecule has 17 heavy (non-hydrogen) atoms. The van der Waals surface area contributed by atoms with Gasteiger partial charge in [0, 0.05) is 5.56 Å². The monoisotopic (exact) mass is 362 g/mol. The summed E-state index contributed by atoms with van der Waals surface area (Å²) in [6.07, 6.45) is 7.19. The maximum Gasteiger partial charge on any atom is 0.104 e. The van der Waals surface area contributed by atoms with E-state index in [4.69, 9.17) is 8.83 Å². The predicted molar refractivity (Wildman–Crippen MR) is 82.6 cm³/mol. The molecule has 4 heteroatoms. The molecule has 0 N–H and O–H groups in total. The van der Waals surface area contributed by atoms with Gasteiger partial charge in [0.15, 0.2) is 0 Å². The molecule has 2 aromatic heterocycles. The third-order valence-corrected chi connectivity index (χ3v) is 5.69. The minimum atomic E-state index is -1.12. The van der Waals surface area contributed by atoms with Crippen molar-refractivity contribution in [1.82, 2.24) is 0 Å². The largest absolute Gasteiger partial charge is 0.472 e. The normalized spacial score (nSPS) is 10.9. The molecular formula is C13H19IO2Si. The SMILES string of the molecule is Cc1cocc1I.Cc1cocc1[Si](C)(C)C. The minimum absolute atomic E-state index is 1.12. The van der Waals surface area contributed by atoms with Crippen LogP contribution in [-0.4, -0.2) is 8.07 Å². The molecule has 2 aromatic rings. The van der Waals surface area contributed by atoms with E-state index in [9.17, 15) is 0 Å². The molecule has 0 aliphatic heterocycles. The van der Waals surface area contributed by atoms with Crippen molar-refractivity contribution in [1.29, 1.82) is 0 Å². The van der Waals surface area contributed by atoms with Gasteiger partial charge < -0.3 is 8.83 Å². The van der Waals surface area contributed by atoms with Crippen LogP contribution in [0.3, 0.4) is 0 Å². The van der Waals surface area contributed by atoms with Crippen molar-refractivity contribution in [2.75, 3.05) is 0 Å². The van der Waals surface area contributed by atoms with E-state index in [2.05, 4.69) is 49.2 Å². The van der Waals surface area contributed by atoms with Gasteiger partial charge in [0.1, 0.15) is 6.26 Å². The molecule has 0 saturated carbocycles. The molecule has 0 amide bonds. The van der Waals surface area contributed by atoms with Gasteiger partial charge >= 0.3 is 0 Å². The molecule has 0 bridgehead atoms. The molecule has 0 unspecified atom stereocenters. The smallest absolute Gasteiger partial charge is 0.104 e. The van der Waals surface area contributed by atoms with Crippen molar-refractivity contribution in [2.45, 2.75) is 33.5 Å². The second kappa shape index (κ2) is 5.91. The van der Waals surface area contributed by atoms with Crippen molar-refractivity contribution >= 4 is 35.9 Å². The molecule has 0 aromatic carbocycles. The maximum atomic E-state index is 5.11. The standard InChI is InChI=1S/C8H14OSi.C5H5IO/c1-7-5-9-6-8(7)10(2,3)4;1-4-2-7-3-5(4)6/h5-6H,1-4H3;2-3H,1H3. The second-order valence-corrected chi connectivity index (χ2v) is 11.3. The Balaban J connectivity index is 0.000000181. The summed E-state index contributed by atoms with van der Waals surface area (Å²) < 4.78 is 11.1. The topological polar surface area (TPSA) is 26.3 Å². The van der Waals surface area contributed by atoms with Gasteiger partial charge in [-0.2, -0.15) is 0 Å². The van der Waals surface area contributed by atoms with Crippen molar-refractivity contribution in [2.24, 2.45) is 0 Å². The molecule has 0 aliphatic rings. The van der Waals surface area contributed by atoms with Crippen LogP contribution in [-0.2, 0) is 0 Å². The van der Waals surface area contributed by atoms with Crippen molar-refractivity contribution in [3.63, 3.8) is 0 Å². The highest BCUT2D eigenvalue weighted by atomic mass is 127. The first-order chi connectivity index (χ1) is 7.82. The zero-order valence-corrected chi connectivity index (χ0v) is 14.2. The Hall–Kier alpha value is -0.493. The van der Waals surface area contributed by atoms with E-state index in [1.54, 1.807) is 12.5 Å². The van der Waals surface area contributed by atoms with E-state index in [0.717, 1.165) is 0 Å². The van der Waals surface area contributed by atoms with Crippen LogP contribution in [0.2, 0.25) is 19.6 Å². The minimum Gasteiger partial charge on any atom is -0.472 e. The van der Waals surface area contributed by atoms with Gasteiger partial charge in [-0.3, -0.25) is 0 Å². The molecule has 2 nitrogen and oxygen atoms in total. The Kier molecular flexibility index (Phi) is 5.06. The van der Waals surface area contributed by atoms with Crippen LogP contribution in [0.1, 0.15) is 11.1 Å². The Labute approximate surface area is 118 Å². The summed E-state index contributed by atoms with van der Waals surface area (Å²) in [5, 5.41) is 1.44. The zero-order valence-electron chi connectivity index (χ0n) is 11.0. The van der Waals surface area contributed by atoms with E-state index in [1.807, 2.05) is 19.5 Å². The van der Waals surface area contributed by atoms with Crippen LogP contribution >= 0.6 is 22.6 Å². The highest BCUT2D eigenvalue weighted by molar-refractivity contribution is 14.1. The molecule has 0 saturated heterocycles. The summed E-state index contributed by atoms with van der Waals surface area (Å²) >= 11 is 2.23. The summed E-state index contributed by atoms with van der Waals surface area (Å²) in [7, 11) is -1.12. The van der Waals surface area contributed by atoms with Gasteiger partial charge in [-0.1, -0.05) is 19.6 Å². The molecular weight excluding hydrogens is 343 g/mol. The number of halogens is 1. The van der Waals surface area contributed by atoms with Crippen LogP contribution in [0.4, 0.5) is 0 Å². The zero-order chi connectivity index (χ0) is 13.1. The van der Waals surface area contributed by atoms with Crippen LogP contribution in [0.25, 0.3) is 0 Å². The summed E-state index contributed by atoms with van der Waals surface area (Å²) in [6, 6.07) is 0. The summed E-state index contributed by atoms with van der Waals surface area (Å²) in [6.45, 7) is 11.1. The third kappa shape index (κ3) is 4.35. The Morgan fingerprint density at radius 2 is 1.41 bits per heavy atom. The third-order valence-electron chi connectivity index (χ3n) is 2.46. The molecule has 0 atom stereocenters. The maximum absolute atomic E-state index is 5.11. The fourth-order valence-corrected chi connectivity index (χ4v) is 3.41. The first-order valence-electron chi connectivity index (χ1n) is 5.54. The summed E-state index contributed by atoms with van der Waals surface area (Å²) in [5.41, 5.74) is 2.51. The first kappa shape index (κ1) is 14.6. The average molecular weight is 362 g/mol. The molecule has 2 heterocycles. The number of furan rings is 2. The Morgan fingerprint density at radius 3 is 1.59 bits per heavy atom. The molecule has 0 spiro atoms. The first-order valence-corrected chi connectivity index (χ1v) is 10.1. The molecule has 0 fully saturated rings. The van der Waals surface area contributed by atoms with Crippen LogP contribution < -0.4 is 5.19 Å². The highest BCUT2D eigenvalue weighted by Crippen LogP contribution is 2.10. The van der Waals surface area contributed by atoms with Gasteiger partial charge in [0.2, 0.25) is 0 Å². The highest BCUT2D eigenvalue weighted by Gasteiger charge is 2.19. The van der Waals surface area contributed by atoms with Gasteiger partial charge in [0.05, 0.1) is 30.4 Å². The molecule has 94 valence electrons. The molecule has 0 radical (unpaired) electrons. The molecule has 0 aliphatic carbocycles. The lowest BCUT2D eigenvalue weighted by Gasteiger charge is -2.13. The van der Waals surface area contributed by atoms with E-state index >= 15 is 0 Å². The number of hydrogen-bond donors (Lipinski definition) is 0. The van der Waals surface area contributed by atoms with Crippen molar-refractivity contribution in [3.05, 3.63) is 39.7 Å². The fourth-order valence-electron chi connectivity index (χ4n) is 1.47. The Bertz CT molecular complexity index is 449.